The molecule has 158 valence electrons. The molecule has 2 rings (SSSR count). The number of hydrogen-bond donors (Lipinski definition) is 1. The third-order valence-corrected chi connectivity index (χ3v) is 5.22. The summed E-state index contributed by atoms with van der Waals surface area (Å²) >= 11 is 0. The summed E-state index contributed by atoms with van der Waals surface area (Å²) in [5.74, 6) is 1.04. The van der Waals surface area contributed by atoms with E-state index in [4.69, 9.17) is 19.2 Å². The lowest BCUT2D eigenvalue weighted by Crippen LogP contribution is -2.47. The van der Waals surface area contributed by atoms with E-state index in [2.05, 4.69) is 24.1 Å². The van der Waals surface area contributed by atoms with Gasteiger partial charge in [-0.25, -0.2) is 0 Å². The van der Waals surface area contributed by atoms with Crippen LogP contribution in [0.15, 0.2) is 4.99 Å². The fourth-order valence-corrected chi connectivity index (χ4v) is 3.54. The lowest BCUT2D eigenvalue weighted by molar-refractivity contribution is -0.0721. The maximum Gasteiger partial charge on any atom is 0.193 e. The molecule has 0 aromatic rings. The Morgan fingerprint density at radius 1 is 1.11 bits per heavy atom. The zero-order valence-corrected chi connectivity index (χ0v) is 17.6. The van der Waals surface area contributed by atoms with Crippen molar-refractivity contribution >= 4 is 5.96 Å². The average molecular weight is 384 g/mol. The van der Waals surface area contributed by atoms with Crippen LogP contribution in [0.3, 0.4) is 0 Å². The Labute approximate surface area is 166 Å². The third-order valence-electron chi connectivity index (χ3n) is 5.22. The molecule has 6 nitrogen and oxygen atoms in total. The van der Waals surface area contributed by atoms with Crippen molar-refractivity contribution in [2.75, 3.05) is 52.6 Å². The second kappa shape index (κ2) is 14.2. The maximum atomic E-state index is 6.13. The highest BCUT2D eigenvalue weighted by molar-refractivity contribution is 5.80. The van der Waals surface area contributed by atoms with Crippen LogP contribution in [0.4, 0.5) is 0 Å². The summed E-state index contributed by atoms with van der Waals surface area (Å²) in [6.07, 6.45) is 9.76. The van der Waals surface area contributed by atoms with Crippen molar-refractivity contribution in [1.82, 2.24) is 10.2 Å². The number of nitrogens with zero attached hydrogens (tertiary/aromatic N) is 2. The van der Waals surface area contributed by atoms with Crippen molar-refractivity contribution < 1.29 is 14.2 Å². The first kappa shape index (κ1) is 22.4. The molecule has 2 saturated heterocycles. The molecule has 1 N–H and O–H groups in total. The van der Waals surface area contributed by atoms with Crippen molar-refractivity contribution in [2.45, 2.75) is 77.4 Å². The molecule has 0 spiro atoms. The summed E-state index contributed by atoms with van der Waals surface area (Å²) in [6, 6.07) is 0. The molecular weight excluding hydrogens is 342 g/mol. The fourth-order valence-electron chi connectivity index (χ4n) is 3.54. The second-order valence-corrected chi connectivity index (χ2v) is 7.56. The topological polar surface area (TPSA) is 55.3 Å². The predicted molar refractivity (Wildman–Crippen MR) is 110 cm³/mol. The molecule has 1 atom stereocenters. The molecule has 2 aliphatic rings. The Hall–Kier alpha value is -0.850. The van der Waals surface area contributed by atoms with Crippen molar-refractivity contribution in [1.29, 1.82) is 0 Å². The van der Waals surface area contributed by atoms with Gasteiger partial charge in [0, 0.05) is 46.0 Å². The number of likely N-dealkylation sites (tertiary alicyclic amines) is 1. The van der Waals surface area contributed by atoms with Gasteiger partial charge in [-0.1, -0.05) is 13.3 Å². The van der Waals surface area contributed by atoms with E-state index in [1.165, 1.54) is 19.3 Å². The van der Waals surface area contributed by atoms with Crippen LogP contribution in [0.5, 0.6) is 0 Å². The summed E-state index contributed by atoms with van der Waals surface area (Å²) in [6.45, 7) is 11.4. The minimum absolute atomic E-state index is 0.315. The molecule has 0 amide bonds. The second-order valence-electron chi connectivity index (χ2n) is 7.56. The Kier molecular flexibility index (Phi) is 11.8. The van der Waals surface area contributed by atoms with E-state index in [-0.39, 0.29) is 0 Å². The molecule has 0 aliphatic carbocycles. The number of ether oxygens (including phenoxy) is 3. The fraction of sp³-hybridized carbons (Fsp3) is 0.952. The molecule has 2 fully saturated rings. The predicted octanol–water partition coefficient (Wildman–Crippen LogP) is 3.21. The first-order valence-corrected chi connectivity index (χ1v) is 11.2. The summed E-state index contributed by atoms with van der Waals surface area (Å²) in [5.41, 5.74) is 0. The van der Waals surface area contributed by atoms with Gasteiger partial charge in [-0.15, -0.1) is 0 Å². The highest BCUT2D eigenvalue weighted by Crippen LogP contribution is 2.18. The SMILES string of the molecule is CCCCOCCCN=C(NCC)N1CCC(OCC2CCCCO2)CC1. The lowest BCUT2D eigenvalue weighted by atomic mass is 10.1. The highest BCUT2D eigenvalue weighted by Gasteiger charge is 2.23. The number of unbranched alkanes of at least 4 members (excludes halogenated alkanes) is 1. The van der Waals surface area contributed by atoms with Gasteiger partial charge in [0.25, 0.3) is 0 Å². The van der Waals surface area contributed by atoms with Crippen LogP contribution >= 0.6 is 0 Å². The minimum Gasteiger partial charge on any atom is -0.381 e. The summed E-state index contributed by atoms with van der Waals surface area (Å²) in [7, 11) is 0. The van der Waals surface area contributed by atoms with Gasteiger partial charge < -0.3 is 24.4 Å². The van der Waals surface area contributed by atoms with Gasteiger partial charge in [0.05, 0.1) is 18.8 Å². The van der Waals surface area contributed by atoms with Crippen LogP contribution in [0.2, 0.25) is 0 Å². The molecule has 2 aliphatic heterocycles. The van der Waals surface area contributed by atoms with Gasteiger partial charge in [-0.05, 0) is 51.9 Å². The Bertz CT molecular complexity index is 392. The van der Waals surface area contributed by atoms with Gasteiger partial charge in [0.1, 0.15) is 0 Å². The van der Waals surface area contributed by atoms with E-state index >= 15 is 0 Å². The molecule has 1 unspecified atom stereocenters. The van der Waals surface area contributed by atoms with E-state index < -0.39 is 0 Å². The number of guanidine groups is 1. The van der Waals surface area contributed by atoms with Gasteiger partial charge in [-0.3, -0.25) is 4.99 Å². The van der Waals surface area contributed by atoms with E-state index in [1.54, 1.807) is 0 Å². The molecule has 0 radical (unpaired) electrons. The summed E-state index contributed by atoms with van der Waals surface area (Å²) in [4.78, 5) is 7.16. The first-order valence-electron chi connectivity index (χ1n) is 11.2. The first-order chi connectivity index (χ1) is 13.3. The number of hydrogen-bond acceptors (Lipinski definition) is 4. The zero-order valence-electron chi connectivity index (χ0n) is 17.6. The van der Waals surface area contributed by atoms with Gasteiger partial charge >= 0.3 is 0 Å². The smallest absolute Gasteiger partial charge is 0.193 e. The van der Waals surface area contributed by atoms with E-state index in [0.29, 0.717) is 12.2 Å². The summed E-state index contributed by atoms with van der Waals surface area (Å²) < 4.78 is 17.5. The number of piperidine rings is 1. The van der Waals surface area contributed by atoms with E-state index in [9.17, 15) is 0 Å². The third kappa shape index (κ3) is 9.26. The Balaban J connectivity index is 1.63. The van der Waals surface area contributed by atoms with E-state index in [0.717, 1.165) is 90.7 Å². The average Bonchev–Trinajstić information content (AvgIpc) is 2.72. The van der Waals surface area contributed by atoms with Crippen LogP contribution in [0.1, 0.15) is 65.2 Å². The maximum absolute atomic E-state index is 6.13. The largest absolute Gasteiger partial charge is 0.381 e. The number of rotatable bonds is 11. The molecule has 0 saturated carbocycles. The molecule has 27 heavy (non-hydrogen) atoms. The van der Waals surface area contributed by atoms with Crippen LogP contribution < -0.4 is 5.32 Å². The van der Waals surface area contributed by atoms with Crippen LogP contribution in [-0.2, 0) is 14.2 Å². The molecule has 6 heteroatoms. The van der Waals surface area contributed by atoms with E-state index in [1.807, 2.05) is 0 Å². The van der Waals surface area contributed by atoms with Crippen LogP contribution in [-0.4, -0.2) is 75.7 Å². The van der Waals surface area contributed by atoms with Crippen molar-refractivity contribution in [3.05, 3.63) is 0 Å². The van der Waals surface area contributed by atoms with Crippen molar-refractivity contribution in [2.24, 2.45) is 4.99 Å². The lowest BCUT2D eigenvalue weighted by Gasteiger charge is -2.35. The molecule has 0 aromatic heterocycles. The van der Waals surface area contributed by atoms with Gasteiger partial charge in [-0.2, -0.15) is 0 Å². The van der Waals surface area contributed by atoms with Crippen LogP contribution in [0, 0.1) is 0 Å². The van der Waals surface area contributed by atoms with Crippen LogP contribution in [0.25, 0.3) is 0 Å². The monoisotopic (exact) mass is 383 g/mol. The molecule has 2 heterocycles. The molecule has 0 aromatic carbocycles. The standard InChI is InChI=1S/C21H41N3O3/c1-3-5-15-25-16-8-12-23-21(22-4-2)24-13-10-19(11-14-24)27-18-20-9-6-7-17-26-20/h19-20H,3-18H2,1-2H3,(H,22,23). The Morgan fingerprint density at radius 2 is 1.93 bits per heavy atom. The molecular formula is C21H41N3O3. The van der Waals surface area contributed by atoms with Crippen molar-refractivity contribution in [3.63, 3.8) is 0 Å². The highest BCUT2D eigenvalue weighted by atomic mass is 16.5. The van der Waals surface area contributed by atoms with Gasteiger partial charge in [0.2, 0.25) is 0 Å². The quantitative estimate of drug-likeness (QED) is 0.337. The zero-order chi connectivity index (χ0) is 19.2. The Morgan fingerprint density at radius 3 is 2.63 bits per heavy atom. The number of nitrogens with one attached hydrogen (secondary N) is 1. The van der Waals surface area contributed by atoms with Crippen molar-refractivity contribution in [3.8, 4) is 0 Å². The molecule has 0 bridgehead atoms. The summed E-state index contributed by atoms with van der Waals surface area (Å²) in [5, 5.41) is 3.44. The van der Waals surface area contributed by atoms with Gasteiger partial charge in [0.15, 0.2) is 5.96 Å². The number of aliphatic imine (C=N–C) groups is 1. The minimum atomic E-state index is 0.315. The normalized spacial score (nSPS) is 22.2.